The lowest BCUT2D eigenvalue weighted by molar-refractivity contribution is -0.149. The van der Waals surface area contributed by atoms with Crippen molar-refractivity contribution in [1.82, 2.24) is 10.3 Å². The maximum Gasteiger partial charge on any atom is 0.329 e. The summed E-state index contributed by atoms with van der Waals surface area (Å²) in [5.74, 6) is -0.957. The van der Waals surface area contributed by atoms with Gasteiger partial charge in [-0.3, -0.25) is 0 Å². The number of halogens is 1. The van der Waals surface area contributed by atoms with Gasteiger partial charge >= 0.3 is 5.97 Å². The van der Waals surface area contributed by atoms with Gasteiger partial charge in [-0.1, -0.05) is 0 Å². The van der Waals surface area contributed by atoms with Gasteiger partial charge in [0.05, 0.1) is 0 Å². The predicted octanol–water partition coefficient (Wildman–Crippen LogP) is 1.20. The molecule has 0 aliphatic carbocycles. The topological polar surface area (TPSA) is 71.5 Å². The molecule has 0 bridgehead atoms. The number of carboxylic acids is 1. The normalized spacial score (nSPS) is 24.8. The lowest BCUT2D eigenvalue weighted by Crippen LogP contribution is -2.34. The van der Waals surface area contributed by atoms with Crippen molar-refractivity contribution in [1.29, 1.82) is 0 Å². The Morgan fingerprint density at radius 3 is 3.12 bits per heavy atom. The van der Waals surface area contributed by atoms with Gasteiger partial charge in [-0.05, 0) is 28.9 Å². The molecule has 1 saturated heterocycles. The summed E-state index contributed by atoms with van der Waals surface area (Å²) >= 11 is 4.77. The van der Waals surface area contributed by atoms with E-state index in [0.29, 0.717) is 6.54 Å². The fourth-order valence-corrected chi connectivity index (χ4v) is 3.14. The fourth-order valence-electron chi connectivity index (χ4n) is 1.70. The van der Waals surface area contributed by atoms with Crippen LogP contribution in [-0.4, -0.2) is 35.8 Å². The zero-order valence-corrected chi connectivity index (χ0v) is 10.8. The van der Waals surface area contributed by atoms with Crippen molar-refractivity contribution in [3.63, 3.8) is 0 Å². The average Bonchev–Trinajstić information content (AvgIpc) is 2.84. The molecule has 88 valence electrons. The van der Waals surface area contributed by atoms with E-state index < -0.39 is 11.6 Å². The standard InChI is InChI=1S/C9H11BrN2O3S/c10-6-4-16-8(12-6)9(1-2-11-5-9)15-3-7(13)14/h4,11H,1-3,5H2,(H,13,14). The van der Waals surface area contributed by atoms with Crippen molar-refractivity contribution >= 4 is 33.2 Å². The molecule has 0 amide bonds. The van der Waals surface area contributed by atoms with Crippen molar-refractivity contribution in [2.24, 2.45) is 0 Å². The van der Waals surface area contributed by atoms with Crippen molar-refractivity contribution in [3.05, 3.63) is 15.0 Å². The molecule has 0 saturated carbocycles. The number of aromatic nitrogens is 1. The maximum atomic E-state index is 10.6. The molecule has 0 spiro atoms. The Morgan fingerprint density at radius 1 is 1.81 bits per heavy atom. The predicted molar refractivity (Wildman–Crippen MR) is 62.6 cm³/mol. The first kappa shape index (κ1) is 12.0. The minimum absolute atomic E-state index is 0.293. The van der Waals surface area contributed by atoms with E-state index in [0.717, 1.165) is 22.6 Å². The highest BCUT2D eigenvalue weighted by atomic mass is 79.9. The molecular formula is C9H11BrN2O3S. The monoisotopic (exact) mass is 306 g/mol. The molecule has 1 aromatic heterocycles. The molecule has 7 heteroatoms. The number of aliphatic carboxylic acids is 1. The largest absolute Gasteiger partial charge is 0.480 e. The van der Waals surface area contributed by atoms with Crippen molar-refractivity contribution < 1.29 is 14.6 Å². The van der Waals surface area contributed by atoms with Crippen molar-refractivity contribution in [2.75, 3.05) is 19.7 Å². The van der Waals surface area contributed by atoms with Gasteiger partial charge in [0.25, 0.3) is 0 Å². The second-order valence-corrected chi connectivity index (χ2v) is 5.25. The lowest BCUT2D eigenvalue weighted by Gasteiger charge is -2.25. The fraction of sp³-hybridized carbons (Fsp3) is 0.556. The molecule has 0 radical (unpaired) electrons. The van der Waals surface area contributed by atoms with Crippen molar-refractivity contribution in [3.8, 4) is 0 Å². The summed E-state index contributed by atoms with van der Waals surface area (Å²) < 4.78 is 6.28. The molecule has 2 heterocycles. The van der Waals surface area contributed by atoms with E-state index in [1.807, 2.05) is 5.38 Å². The van der Waals surface area contributed by atoms with E-state index in [4.69, 9.17) is 9.84 Å². The average molecular weight is 307 g/mol. The smallest absolute Gasteiger partial charge is 0.329 e. The first-order chi connectivity index (χ1) is 7.62. The molecule has 1 unspecified atom stereocenters. The number of hydrogen-bond donors (Lipinski definition) is 2. The molecule has 1 aliphatic rings. The second-order valence-electron chi connectivity index (χ2n) is 3.58. The van der Waals surface area contributed by atoms with Crippen molar-refractivity contribution in [2.45, 2.75) is 12.0 Å². The van der Waals surface area contributed by atoms with Gasteiger partial charge in [-0.2, -0.15) is 0 Å². The Labute approximate surface area is 105 Å². The van der Waals surface area contributed by atoms with Gasteiger partial charge in [-0.15, -0.1) is 11.3 Å². The molecule has 0 aromatic carbocycles. The molecule has 2 rings (SSSR count). The zero-order chi connectivity index (χ0) is 11.6. The number of ether oxygens (including phenoxy) is 1. The summed E-state index contributed by atoms with van der Waals surface area (Å²) in [6.45, 7) is 1.13. The maximum absolute atomic E-state index is 10.6. The first-order valence-electron chi connectivity index (χ1n) is 4.80. The Hall–Kier alpha value is -0.500. The van der Waals surface area contributed by atoms with E-state index in [1.54, 1.807) is 0 Å². The molecule has 1 fully saturated rings. The lowest BCUT2D eigenvalue weighted by atomic mass is 10.0. The molecule has 1 aliphatic heterocycles. The minimum Gasteiger partial charge on any atom is -0.480 e. The van der Waals surface area contributed by atoms with Crippen LogP contribution in [0.2, 0.25) is 0 Å². The number of nitrogens with zero attached hydrogens (tertiary/aromatic N) is 1. The Bertz CT molecular complexity index is 390. The highest BCUT2D eigenvalue weighted by Gasteiger charge is 2.40. The molecule has 2 N–H and O–H groups in total. The van der Waals surface area contributed by atoms with Gasteiger partial charge in [0.2, 0.25) is 0 Å². The van der Waals surface area contributed by atoms with Crippen LogP contribution in [0.1, 0.15) is 11.4 Å². The third-order valence-electron chi connectivity index (χ3n) is 2.45. The number of rotatable bonds is 4. The van der Waals surface area contributed by atoms with Crippen LogP contribution in [0.15, 0.2) is 9.98 Å². The van der Waals surface area contributed by atoms with Crippen LogP contribution < -0.4 is 5.32 Å². The molecule has 5 nitrogen and oxygen atoms in total. The van der Waals surface area contributed by atoms with Crippen LogP contribution in [0.4, 0.5) is 0 Å². The van der Waals surface area contributed by atoms with Gasteiger partial charge < -0.3 is 15.2 Å². The van der Waals surface area contributed by atoms with E-state index >= 15 is 0 Å². The van der Waals surface area contributed by atoms with E-state index in [2.05, 4.69) is 26.2 Å². The number of carbonyl (C=O) groups is 1. The third kappa shape index (κ3) is 2.42. The quantitative estimate of drug-likeness (QED) is 0.874. The number of carboxylic acid groups (broad SMARTS) is 1. The first-order valence-corrected chi connectivity index (χ1v) is 6.48. The molecular weight excluding hydrogens is 296 g/mol. The van der Waals surface area contributed by atoms with Crippen LogP contribution >= 0.6 is 27.3 Å². The molecule has 16 heavy (non-hydrogen) atoms. The Kier molecular flexibility index (Phi) is 3.58. The van der Waals surface area contributed by atoms with Crippen LogP contribution in [-0.2, 0) is 15.1 Å². The second kappa shape index (κ2) is 4.79. The Morgan fingerprint density at radius 2 is 2.62 bits per heavy atom. The summed E-state index contributed by atoms with van der Waals surface area (Å²) in [5.41, 5.74) is -0.574. The summed E-state index contributed by atoms with van der Waals surface area (Å²) in [6, 6.07) is 0. The van der Waals surface area contributed by atoms with E-state index in [-0.39, 0.29) is 6.61 Å². The van der Waals surface area contributed by atoms with E-state index in [1.165, 1.54) is 11.3 Å². The zero-order valence-electron chi connectivity index (χ0n) is 8.40. The van der Waals surface area contributed by atoms with Crippen LogP contribution in [0.5, 0.6) is 0 Å². The van der Waals surface area contributed by atoms with E-state index in [9.17, 15) is 4.79 Å². The van der Waals surface area contributed by atoms with Gasteiger partial charge in [0, 0.05) is 11.9 Å². The van der Waals surface area contributed by atoms with Crippen LogP contribution in [0.25, 0.3) is 0 Å². The summed E-state index contributed by atoms with van der Waals surface area (Å²) in [5, 5.41) is 14.5. The van der Waals surface area contributed by atoms with Crippen LogP contribution in [0, 0.1) is 0 Å². The third-order valence-corrected chi connectivity index (χ3v) is 4.19. The Balaban J connectivity index is 2.18. The number of hydrogen-bond acceptors (Lipinski definition) is 5. The SMILES string of the molecule is O=C(O)COC1(c2nc(Br)cs2)CCNC1. The highest BCUT2D eigenvalue weighted by Crippen LogP contribution is 2.35. The summed E-state index contributed by atoms with van der Waals surface area (Å²) in [6.07, 6.45) is 0.750. The van der Waals surface area contributed by atoms with Gasteiger partial charge in [-0.25, -0.2) is 9.78 Å². The highest BCUT2D eigenvalue weighted by molar-refractivity contribution is 9.10. The van der Waals surface area contributed by atoms with Gasteiger partial charge in [0.15, 0.2) is 0 Å². The number of nitrogens with one attached hydrogen (secondary N) is 1. The van der Waals surface area contributed by atoms with Crippen LogP contribution in [0.3, 0.4) is 0 Å². The minimum atomic E-state index is -0.957. The summed E-state index contributed by atoms with van der Waals surface area (Å²) in [7, 11) is 0. The molecule has 1 atom stereocenters. The summed E-state index contributed by atoms with van der Waals surface area (Å²) in [4.78, 5) is 14.9. The molecule has 1 aromatic rings. The van der Waals surface area contributed by atoms with Gasteiger partial charge in [0.1, 0.15) is 21.8 Å². The number of thiazole rings is 1.